The maximum Gasteiger partial charge on any atom is 0.401 e. The van der Waals surface area contributed by atoms with Crippen molar-refractivity contribution in [1.29, 1.82) is 0 Å². The number of rotatable bonds is 3. The Labute approximate surface area is 171 Å². The lowest BCUT2D eigenvalue weighted by molar-refractivity contribution is -0.146. The summed E-state index contributed by atoms with van der Waals surface area (Å²) in [5.74, 6) is 0. The Hall–Kier alpha value is -3.00. The van der Waals surface area contributed by atoms with Crippen molar-refractivity contribution in [3.8, 4) is 11.1 Å². The van der Waals surface area contributed by atoms with Crippen molar-refractivity contribution in [3.63, 3.8) is 0 Å². The SMILES string of the molecule is Cn1ccc2cc(-c3ccc4oc(N5CCN(CC(F)(F)F)CC5)nc4c3)ccc21. The average molecular weight is 414 g/mol. The molecule has 30 heavy (non-hydrogen) atoms. The maximum atomic E-state index is 12.6. The topological polar surface area (TPSA) is 37.4 Å². The van der Waals surface area contributed by atoms with Crippen LogP contribution >= 0.6 is 0 Å². The molecular weight excluding hydrogens is 393 g/mol. The number of aromatic nitrogens is 2. The van der Waals surface area contributed by atoms with E-state index in [0.717, 1.165) is 16.6 Å². The molecule has 1 saturated heterocycles. The fraction of sp³-hybridized carbons (Fsp3) is 0.318. The van der Waals surface area contributed by atoms with Gasteiger partial charge in [0.15, 0.2) is 5.58 Å². The van der Waals surface area contributed by atoms with E-state index in [4.69, 9.17) is 4.42 Å². The van der Waals surface area contributed by atoms with Crippen LogP contribution in [0.25, 0.3) is 33.1 Å². The first kappa shape index (κ1) is 19.0. The lowest BCUT2D eigenvalue weighted by Gasteiger charge is -2.33. The smallest absolute Gasteiger partial charge is 0.401 e. The van der Waals surface area contributed by atoms with Gasteiger partial charge in [-0.25, -0.2) is 0 Å². The van der Waals surface area contributed by atoms with Gasteiger partial charge >= 0.3 is 6.18 Å². The van der Waals surface area contributed by atoms with E-state index in [0.29, 0.717) is 37.8 Å². The van der Waals surface area contributed by atoms with Crippen LogP contribution in [0.3, 0.4) is 0 Å². The van der Waals surface area contributed by atoms with Crippen LogP contribution in [0.5, 0.6) is 0 Å². The number of fused-ring (bicyclic) bond motifs is 2. The lowest BCUT2D eigenvalue weighted by Crippen LogP contribution is -2.49. The van der Waals surface area contributed by atoms with Crippen LogP contribution in [0.2, 0.25) is 0 Å². The van der Waals surface area contributed by atoms with Crippen LogP contribution < -0.4 is 4.90 Å². The monoisotopic (exact) mass is 414 g/mol. The van der Waals surface area contributed by atoms with Crippen LogP contribution in [-0.4, -0.2) is 53.4 Å². The molecule has 0 spiro atoms. The normalized spacial score (nSPS) is 16.1. The van der Waals surface area contributed by atoms with Gasteiger partial charge in [-0.2, -0.15) is 18.2 Å². The zero-order valence-corrected chi connectivity index (χ0v) is 16.5. The average Bonchev–Trinajstić information content (AvgIpc) is 3.30. The molecule has 0 bridgehead atoms. The maximum absolute atomic E-state index is 12.6. The summed E-state index contributed by atoms with van der Waals surface area (Å²) in [6.45, 7) is 0.714. The zero-order chi connectivity index (χ0) is 20.9. The van der Waals surface area contributed by atoms with Crippen LogP contribution in [0.4, 0.5) is 19.2 Å². The number of hydrogen-bond donors (Lipinski definition) is 0. The minimum atomic E-state index is -4.17. The van der Waals surface area contributed by atoms with Gasteiger partial charge in [0.25, 0.3) is 6.01 Å². The fourth-order valence-electron chi connectivity index (χ4n) is 4.04. The predicted molar refractivity (Wildman–Crippen MR) is 111 cm³/mol. The van der Waals surface area contributed by atoms with Crippen molar-refractivity contribution < 1.29 is 17.6 Å². The summed E-state index contributed by atoms with van der Waals surface area (Å²) < 4.78 is 45.7. The van der Waals surface area contributed by atoms with Crippen molar-refractivity contribution in [2.24, 2.45) is 7.05 Å². The highest BCUT2D eigenvalue weighted by Crippen LogP contribution is 2.30. The number of hydrogen-bond acceptors (Lipinski definition) is 4. The Balaban J connectivity index is 1.36. The molecule has 0 radical (unpaired) electrons. The van der Waals surface area contributed by atoms with Gasteiger partial charge in [0.1, 0.15) is 5.52 Å². The van der Waals surface area contributed by atoms with Crippen LogP contribution in [0.15, 0.2) is 53.1 Å². The predicted octanol–water partition coefficient (Wildman–Crippen LogP) is 4.67. The van der Waals surface area contributed by atoms with Crippen LogP contribution in [0.1, 0.15) is 0 Å². The molecule has 0 saturated carbocycles. The first-order valence-electron chi connectivity index (χ1n) is 9.86. The van der Waals surface area contributed by atoms with Crippen molar-refractivity contribution in [3.05, 3.63) is 48.7 Å². The van der Waals surface area contributed by atoms with Crippen molar-refractivity contribution in [2.45, 2.75) is 6.18 Å². The van der Waals surface area contributed by atoms with Gasteiger partial charge in [0, 0.05) is 50.3 Å². The molecular formula is C22H21F3N4O. The third kappa shape index (κ3) is 3.63. The molecule has 0 atom stereocenters. The number of halogens is 3. The summed E-state index contributed by atoms with van der Waals surface area (Å²) in [7, 11) is 2.02. The molecule has 0 unspecified atom stereocenters. The summed E-state index contributed by atoms with van der Waals surface area (Å²) >= 11 is 0. The van der Waals surface area contributed by atoms with Gasteiger partial charge in [0.2, 0.25) is 0 Å². The van der Waals surface area contributed by atoms with Crippen molar-refractivity contribution in [2.75, 3.05) is 37.6 Å². The summed E-state index contributed by atoms with van der Waals surface area (Å²) in [6, 6.07) is 14.8. The van der Waals surface area contributed by atoms with E-state index < -0.39 is 12.7 Å². The molecule has 1 fully saturated rings. The van der Waals surface area contributed by atoms with Gasteiger partial charge in [-0.15, -0.1) is 0 Å². The van der Waals surface area contributed by atoms with Crippen molar-refractivity contribution >= 4 is 28.0 Å². The Kier molecular flexibility index (Phi) is 4.47. The second-order valence-corrected chi connectivity index (χ2v) is 7.76. The Morgan fingerprint density at radius 1 is 0.967 bits per heavy atom. The highest BCUT2D eigenvalue weighted by atomic mass is 19.4. The quantitative estimate of drug-likeness (QED) is 0.488. The first-order chi connectivity index (χ1) is 14.4. The largest absolute Gasteiger partial charge is 0.423 e. The van der Waals surface area contributed by atoms with E-state index in [1.165, 1.54) is 15.8 Å². The Bertz CT molecular complexity index is 1200. The number of piperazine rings is 1. The second kappa shape index (κ2) is 7.05. The van der Waals surface area contributed by atoms with Gasteiger partial charge in [-0.05, 0) is 41.5 Å². The standard InChI is InChI=1S/C22H21F3N4O/c1-27-7-6-17-12-15(2-4-19(17)27)16-3-5-20-18(13-16)26-21(30-20)29-10-8-28(9-11-29)14-22(23,24)25/h2-7,12-13H,8-11,14H2,1H3. The minimum Gasteiger partial charge on any atom is -0.423 e. The molecule has 4 aromatic rings. The Morgan fingerprint density at radius 3 is 2.47 bits per heavy atom. The van der Waals surface area contributed by atoms with E-state index in [1.807, 2.05) is 36.3 Å². The molecule has 2 aromatic heterocycles. The third-order valence-electron chi connectivity index (χ3n) is 5.64. The lowest BCUT2D eigenvalue weighted by atomic mass is 10.0. The van der Waals surface area contributed by atoms with Gasteiger partial charge in [-0.3, -0.25) is 4.90 Å². The van der Waals surface area contributed by atoms with E-state index in [2.05, 4.69) is 33.8 Å². The first-order valence-corrected chi connectivity index (χ1v) is 9.86. The van der Waals surface area contributed by atoms with Crippen molar-refractivity contribution in [1.82, 2.24) is 14.5 Å². The molecule has 0 aliphatic carbocycles. The minimum absolute atomic E-state index is 0.334. The highest BCUT2D eigenvalue weighted by Gasteiger charge is 2.32. The molecule has 5 nitrogen and oxygen atoms in total. The third-order valence-corrected chi connectivity index (χ3v) is 5.64. The summed E-state index contributed by atoms with van der Waals surface area (Å²) in [4.78, 5) is 7.92. The second-order valence-electron chi connectivity index (χ2n) is 7.76. The van der Waals surface area contributed by atoms with E-state index in [9.17, 15) is 13.2 Å². The number of benzene rings is 2. The molecule has 1 aliphatic heterocycles. The Morgan fingerprint density at radius 2 is 1.70 bits per heavy atom. The number of alkyl halides is 3. The van der Waals surface area contributed by atoms with E-state index >= 15 is 0 Å². The molecule has 156 valence electrons. The number of oxazole rings is 1. The van der Waals surface area contributed by atoms with E-state index in [1.54, 1.807) is 0 Å². The van der Waals surface area contributed by atoms with Crippen LogP contribution in [-0.2, 0) is 7.05 Å². The number of aryl methyl sites for hydroxylation is 1. The fourth-order valence-corrected chi connectivity index (χ4v) is 4.04. The molecule has 3 heterocycles. The van der Waals surface area contributed by atoms with Gasteiger partial charge in [-0.1, -0.05) is 12.1 Å². The van der Waals surface area contributed by atoms with Gasteiger partial charge in [0.05, 0.1) is 6.54 Å². The number of nitrogens with zero attached hydrogens (tertiary/aromatic N) is 4. The number of anilines is 1. The molecule has 0 N–H and O–H groups in total. The highest BCUT2D eigenvalue weighted by molar-refractivity contribution is 5.88. The summed E-state index contributed by atoms with van der Waals surface area (Å²) in [5.41, 5.74) is 4.73. The molecule has 0 amide bonds. The summed E-state index contributed by atoms with van der Waals surface area (Å²) in [6.07, 6.45) is -2.13. The van der Waals surface area contributed by atoms with Gasteiger partial charge < -0.3 is 13.9 Å². The molecule has 1 aliphatic rings. The zero-order valence-electron chi connectivity index (χ0n) is 16.5. The molecule has 8 heteroatoms. The molecule has 5 rings (SSSR count). The molecule has 2 aromatic carbocycles. The van der Waals surface area contributed by atoms with E-state index in [-0.39, 0.29) is 0 Å². The summed E-state index contributed by atoms with van der Waals surface area (Å²) in [5, 5.41) is 1.17. The van der Waals surface area contributed by atoms with Crippen LogP contribution in [0, 0.1) is 0 Å².